The maximum atomic E-state index is 5.56. The van der Waals surface area contributed by atoms with Gasteiger partial charge >= 0.3 is 0 Å². The molecule has 6 heteroatoms. The Morgan fingerprint density at radius 1 is 1.12 bits per heavy atom. The zero-order valence-electron chi connectivity index (χ0n) is 17.2. The molecule has 0 spiro atoms. The highest BCUT2D eigenvalue weighted by Gasteiger charge is 2.34. The van der Waals surface area contributed by atoms with Crippen LogP contribution in [-0.4, -0.2) is 63.3 Å². The molecule has 0 atom stereocenters. The standard InChI is InChI=1S/C20H40N4O.HI/c1-4-21-19(22-14-8-7-11-18-9-5-6-10-18)23-17-20(24(2)3)12-15-25-16-13-20;/h18H,4-17H2,1-3H3,(H2,21,22,23);1H. The van der Waals surface area contributed by atoms with Gasteiger partial charge in [0.1, 0.15) is 0 Å². The van der Waals surface area contributed by atoms with Crippen LogP contribution in [0.15, 0.2) is 4.99 Å². The number of nitrogens with zero attached hydrogens (tertiary/aromatic N) is 2. The second-order valence-electron chi connectivity index (χ2n) is 8.00. The van der Waals surface area contributed by atoms with Gasteiger partial charge in [-0.3, -0.25) is 4.99 Å². The summed E-state index contributed by atoms with van der Waals surface area (Å²) in [7, 11) is 4.34. The van der Waals surface area contributed by atoms with Crippen LogP contribution < -0.4 is 10.6 Å². The molecule has 0 amide bonds. The third kappa shape index (κ3) is 7.89. The molecule has 2 fully saturated rings. The van der Waals surface area contributed by atoms with Crippen LogP contribution in [0.1, 0.15) is 64.7 Å². The van der Waals surface area contributed by atoms with Gasteiger partial charge in [-0.1, -0.05) is 38.5 Å². The molecule has 1 heterocycles. The van der Waals surface area contributed by atoms with Crippen molar-refractivity contribution in [3.05, 3.63) is 0 Å². The number of ether oxygens (including phenoxy) is 1. The molecular weight excluding hydrogens is 439 g/mol. The summed E-state index contributed by atoms with van der Waals surface area (Å²) in [6.07, 6.45) is 12.0. The van der Waals surface area contributed by atoms with Crippen molar-refractivity contribution in [1.29, 1.82) is 0 Å². The minimum Gasteiger partial charge on any atom is -0.381 e. The van der Waals surface area contributed by atoms with Gasteiger partial charge in [0, 0.05) is 31.8 Å². The second-order valence-corrected chi connectivity index (χ2v) is 8.00. The number of rotatable bonds is 9. The van der Waals surface area contributed by atoms with E-state index in [4.69, 9.17) is 9.73 Å². The van der Waals surface area contributed by atoms with Crippen LogP contribution in [0.5, 0.6) is 0 Å². The third-order valence-electron chi connectivity index (χ3n) is 6.05. The lowest BCUT2D eigenvalue weighted by Gasteiger charge is -2.41. The summed E-state index contributed by atoms with van der Waals surface area (Å²) in [6, 6.07) is 0. The first-order valence-electron chi connectivity index (χ1n) is 10.4. The van der Waals surface area contributed by atoms with Gasteiger partial charge in [0.05, 0.1) is 6.54 Å². The summed E-state index contributed by atoms with van der Waals surface area (Å²) in [6.45, 7) is 6.59. The van der Waals surface area contributed by atoms with Gasteiger partial charge < -0.3 is 20.3 Å². The number of hydrogen-bond acceptors (Lipinski definition) is 3. The van der Waals surface area contributed by atoms with Crippen LogP contribution in [0.4, 0.5) is 0 Å². The molecule has 2 N–H and O–H groups in total. The molecule has 0 aromatic carbocycles. The van der Waals surface area contributed by atoms with Crippen molar-refractivity contribution in [1.82, 2.24) is 15.5 Å². The van der Waals surface area contributed by atoms with Crippen molar-refractivity contribution < 1.29 is 4.74 Å². The number of halogens is 1. The summed E-state index contributed by atoms with van der Waals surface area (Å²) in [5.74, 6) is 1.98. The highest BCUT2D eigenvalue weighted by molar-refractivity contribution is 14.0. The normalized spacial score (nSPS) is 20.8. The monoisotopic (exact) mass is 480 g/mol. The van der Waals surface area contributed by atoms with Crippen molar-refractivity contribution in [3.63, 3.8) is 0 Å². The van der Waals surface area contributed by atoms with E-state index in [1.54, 1.807) is 0 Å². The molecule has 0 bridgehead atoms. The Morgan fingerprint density at radius 3 is 2.42 bits per heavy atom. The molecule has 26 heavy (non-hydrogen) atoms. The summed E-state index contributed by atoms with van der Waals surface area (Å²) >= 11 is 0. The minimum absolute atomic E-state index is 0. The summed E-state index contributed by atoms with van der Waals surface area (Å²) in [4.78, 5) is 7.24. The van der Waals surface area contributed by atoms with Crippen molar-refractivity contribution in [2.24, 2.45) is 10.9 Å². The van der Waals surface area contributed by atoms with Gasteiger partial charge in [0.25, 0.3) is 0 Å². The van der Waals surface area contributed by atoms with Gasteiger partial charge in [-0.25, -0.2) is 0 Å². The molecule has 0 aromatic heterocycles. The van der Waals surface area contributed by atoms with E-state index in [1.807, 2.05) is 0 Å². The fraction of sp³-hybridized carbons (Fsp3) is 0.950. The van der Waals surface area contributed by atoms with E-state index in [1.165, 1.54) is 44.9 Å². The van der Waals surface area contributed by atoms with E-state index >= 15 is 0 Å². The smallest absolute Gasteiger partial charge is 0.191 e. The first kappa shape index (κ1) is 24.0. The van der Waals surface area contributed by atoms with Crippen molar-refractivity contribution in [2.75, 3.05) is 46.9 Å². The molecule has 1 saturated carbocycles. The third-order valence-corrected chi connectivity index (χ3v) is 6.05. The first-order chi connectivity index (χ1) is 12.2. The molecule has 0 unspecified atom stereocenters. The van der Waals surface area contributed by atoms with Crippen molar-refractivity contribution in [2.45, 2.75) is 70.3 Å². The van der Waals surface area contributed by atoms with Gasteiger partial charge in [-0.15, -0.1) is 24.0 Å². The highest BCUT2D eigenvalue weighted by atomic mass is 127. The van der Waals surface area contributed by atoms with Gasteiger partial charge in [-0.05, 0) is 46.2 Å². The Morgan fingerprint density at radius 2 is 1.81 bits per heavy atom. The lowest BCUT2D eigenvalue weighted by molar-refractivity contribution is -0.00254. The Labute approximate surface area is 178 Å². The van der Waals surface area contributed by atoms with E-state index in [2.05, 4.69) is 36.6 Å². The summed E-state index contributed by atoms with van der Waals surface area (Å²) in [5.41, 5.74) is 0.142. The van der Waals surface area contributed by atoms with Crippen molar-refractivity contribution >= 4 is 29.9 Å². The van der Waals surface area contributed by atoms with Crippen LogP contribution in [-0.2, 0) is 4.74 Å². The van der Waals surface area contributed by atoms with Gasteiger partial charge in [0.15, 0.2) is 5.96 Å². The van der Waals surface area contributed by atoms with Gasteiger partial charge in [-0.2, -0.15) is 0 Å². The van der Waals surface area contributed by atoms with E-state index in [9.17, 15) is 0 Å². The average molecular weight is 480 g/mol. The van der Waals surface area contributed by atoms with Crippen LogP contribution in [0.25, 0.3) is 0 Å². The van der Waals surface area contributed by atoms with Crippen LogP contribution >= 0.6 is 24.0 Å². The molecule has 5 nitrogen and oxygen atoms in total. The van der Waals surface area contributed by atoms with Crippen molar-refractivity contribution in [3.8, 4) is 0 Å². The van der Waals surface area contributed by atoms with Crippen LogP contribution in [0.2, 0.25) is 0 Å². The van der Waals surface area contributed by atoms with E-state index in [-0.39, 0.29) is 29.5 Å². The number of hydrogen-bond donors (Lipinski definition) is 2. The lowest BCUT2D eigenvalue weighted by atomic mass is 9.89. The quantitative estimate of drug-likeness (QED) is 0.229. The fourth-order valence-corrected chi connectivity index (χ4v) is 4.13. The maximum absolute atomic E-state index is 5.56. The zero-order chi connectivity index (χ0) is 18.0. The second kappa shape index (κ2) is 13.2. The Hall–Kier alpha value is -0.0800. The van der Waals surface area contributed by atoms with E-state index < -0.39 is 0 Å². The van der Waals surface area contributed by atoms with Crippen LogP contribution in [0, 0.1) is 5.92 Å². The molecule has 154 valence electrons. The first-order valence-corrected chi connectivity index (χ1v) is 10.4. The molecule has 1 aliphatic heterocycles. The molecule has 0 aromatic rings. The van der Waals surface area contributed by atoms with E-state index in [0.717, 1.165) is 57.6 Å². The Bertz CT molecular complexity index is 391. The molecule has 1 aliphatic carbocycles. The molecule has 0 radical (unpaired) electrons. The predicted octanol–water partition coefficient (Wildman–Crippen LogP) is 3.63. The minimum atomic E-state index is 0. The molecule has 1 saturated heterocycles. The molecular formula is C20H41IN4O. The number of unbranched alkanes of at least 4 members (excludes halogenated alkanes) is 1. The fourth-order valence-electron chi connectivity index (χ4n) is 4.13. The summed E-state index contributed by atoms with van der Waals surface area (Å²) < 4.78 is 5.56. The van der Waals surface area contributed by atoms with Gasteiger partial charge in [0.2, 0.25) is 0 Å². The topological polar surface area (TPSA) is 48.9 Å². The molecule has 2 aliphatic rings. The molecule has 2 rings (SSSR count). The van der Waals surface area contributed by atoms with Crippen LogP contribution in [0.3, 0.4) is 0 Å². The Kier molecular flexibility index (Phi) is 12.1. The number of likely N-dealkylation sites (N-methyl/N-ethyl adjacent to an activating group) is 1. The Balaban J connectivity index is 0.00000338. The largest absolute Gasteiger partial charge is 0.381 e. The average Bonchev–Trinajstić information content (AvgIpc) is 3.13. The zero-order valence-corrected chi connectivity index (χ0v) is 19.5. The van der Waals surface area contributed by atoms with E-state index in [0.29, 0.717) is 0 Å². The predicted molar refractivity (Wildman–Crippen MR) is 122 cm³/mol. The number of aliphatic imine (C=N–C) groups is 1. The SMILES string of the molecule is CCNC(=NCC1(N(C)C)CCOCC1)NCCCCC1CCCC1.I. The lowest BCUT2D eigenvalue weighted by Crippen LogP contribution is -2.51. The highest BCUT2D eigenvalue weighted by Crippen LogP contribution is 2.29. The number of nitrogens with one attached hydrogen (secondary N) is 2. The maximum Gasteiger partial charge on any atom is 0.191 e. The summed E-state index contributed by atoms with van der Waals surface area (Å²) in [5, 5.41) is 6.93. The number of guanidine groups is 1.